The molecule has 0 spiro atoms. The summed E-state index contributed by atoms with van der Waals surface area (Å²) >= 11 is 1.80. The lowest BCUT2D eigenvalue weighted by molar-refractivity contribution is 0.697. The SMILES string of the molecule is C#CC(N)c1cc2c(s1)CCCC2. The molecule has 0 amide bonds. The number of hydrogen-bond acceptors (Lipinski definition) is 2. The average Bonchev–Trinajstić information content (AvgIpc) is 2.59. The van der Waals surface area contributed by atoms with Gasteiger partial charge in [0.1, 0.15) is 6.04 Å². The second-order valence-corrected chi connectivity index (χ2v) is 4.62. The van der Waals surface area contributed by atoms with Crippen LogP contribution in [-0.4, -0.2) is 0 Å². The van der Waals surface area contributed by atoms with E-state index >= 15 is 0 Å². The van der Waals surface area contributed by atoms with E-state index in [1.54, 1.807) is 11.3 Å². The molecule has 2 rings (SSSR count). The lowest BCUT2D eigenvalue weighted by atomic mass is 9.99. The number of terminal acetylenes is 1. The maximum atomic E-state index is 5.78. The zero-order chi connectivity index (χ0) is 9.26. The standard InChI is InChI=1S/C11H13NS/c1-2-9(12)11-7-8-5-3-4-6-10(8)13-11/h1,7,9H,3-6,12H2. The van der Waals surface area contributed by atoms with Crippen LogP contribution < -0.4 is 5.73 Å². The highest BCUT2D eigenvalue weighted by molar-refractivity contribution is 7.12. The summed E-state index contributed by atoms with van der Waals surface area (Å²) in [6.07, 6.45) is 10.4. The fraction of sp³-hybridized carbons (Fsp3) is 0.455. The highest BCUT2D eigenvalue weighted by Gasteiger charge is 2.15. The third-order valence-corrected chi connectivity index (χ3v) is 3.82. The van der Waals surface area contributed by atoms with Gasteiger partial charge in [-0.05, 0) is 37.3 Å². The molecule has 2 heteroatoms. The van der Waals surface area contributed by atoms with Crippen molar-refractivity contribution >= 4 is 11.3 Å². The summed E-state index contributed by atoms with van der Waals surface area (Å²) in [6, 6.07) is 2.00. The Balaban J connectivity index is 2.31. The van der Waals surface area contributed by atoms with Gasteiger partial charge in [0.2, 0.25) is 0 Å². The Morgan fingerprint density at radius 1 is 1.46 bits per heavy atom. The van der Waals surface area contributed by atoms with E-state index in [-0.39, 0.29) is 6.04 Å². The summed E-state index contributed by atoms with van der Waals surface area (Å²) in [5.41, 5.74) is 7.26. The van der Waals surface area contributed by atoms with E-state index in [2.05, 4.69) is 12.0 Å². The van der Waals surface area contributed by atoms with Crippen molar-refractivity contribution < 1.29 is 0 Å². The van der Waals surface area contributed by atoms with Gasteiger partial charge < -0.3 is 5.73 Å². The number of fused-ring (bicyclic) bond motifs is 1. The topological polar surface area (TPSA) is 26.0 Å². The van der Waals surface area contributed by atoms with E-state index in [1.807, 2.05) is 0 Å². The maximum Gasteiger partial charge on any atom is 0.101 e. The number of aryl methyl sites for hydroxylation is 2. The molecule has 1 heterocycles. The third-order valence-electron chi connectivity index (χ3n) is 2.50. The van der Waals surface area contributed by atoms with Gasteiger partial charge in [-0.25, -0.2) is 0 Å². The normalized spacial score (nSPS) is 17.5. The van der Waals surface area contributed by atoms with Crippen molar-refractivity contribution in [1.82, 2.24) is 0 Å². The van der Waals surface area contributed by atoms with E-state index in [1.165, 1.54) is 36.1 Å². The molecule has 0 aromatic carbocycles. The Morgan fingerprint density at radius 2 is 2.23 bits per heavy atom. The zero-order valence-electron chi connectivity index (χ0n) is 7.55. The Bertz CT molecular complexity index is 322. The first kappa shape index (κ1) is 8.80. The molecule has 0 saturated heterocycles. The first-order valence-electron chi connectivity index (χ1n) is 4.64. The van der Waals surface area contributed by atoms with Crippen LogP contribution in [0.15, 0.2) is 6.07 Å². The van der Waals surface area contributed by atoms with Crippen LogP contribution in [0, 0.1) is 12.3 Å². The van der Waals surface area contributed by atoms with Gasteiger partial charge in [-0.2, -0.15) is 0 Å². The molecule has 2 N–H and O–H groups in total. The smallest absolute Gasteiger partial charge is 0.101 e. The van der Waals surface area contributed by atoms with Gasteiger partial charge in [-0.1, -0.05) is 5.92 Å². The molecule has 0 fully saturated rings. The average molecular weight is 191 g/mol. The minimum Gasteiger partial charge on any atom is -0.313 e. The van der Waals surface area contributed by atoms with Crippen molar-refractivity contribution in [3.05, 3.63) is 21.4 Å². The van der Waals surface area contributed by atoms with E-state index in [9.17, 15) is 0 Å². The Kier molecular flexibility index (Phi) is 2.39. The predicted octanol–water partition coefficient (Wildman–Crippen LogP) is 2.26. The largest absolute Gasteiger partial charge is 0.313 e. The first-order chi connectivity index (χ1) is 6.31. The van der Waals surface area contributed by atoms with Crippen molar-refractivity contribution in [3.63, 3.8) is 0 Å². The molecular weight excluding hydrogens is 178 g/mol. The predicted molar refractivity (Wildman–Crippen MR) is 56.7 cm³/mol. The van der Waals surface area contributed by atoms with Gasteiger partial charge in [-0.3, -0.25) is 0 Å². The number of hydrogen-bond donors (Lipinski definition) is 1. The fourth-order valence-electron chi connectivity index (χ4n) is 1.75. The molecule has 0 bridgehead atoms. The second-order valence-electron chi connectivity index (χ2n) is 3.45. The van der Waals surface area contributed by atoms with E-state index in [4.69, 9.17) is 12.2 Å². The number of thiophene rings is 1. The summed E-state index contributed by atoms with van der Waals surface area (Å²) in [5.74, 6) is 2.58. The van der Waals surface area contributed by atoms with Gasteiger partial charge in [0.05, 0.1) is 0 Å². The lowest BCUT2D eigenvalue weighted by Gasteiger charge is -2.08. The van der Waals surface area contributed by atoms with Gasteiger partial charge in [0, 0.05) is 9.75 Å². The molecule has 0 radical (unpaired) electrons. The van der Waals surface area contributed by atoms with Crippen LogP contribution in [0.1, 0.15) is 34.2 Å². The minimum atomic E-state index is -0.199. The van der Waals surface area contributed by atoms with E-state index < -0.39 is 0 Å². The molecule has 1 aromatic heterocycles. The monoisotopic (exact) mass is 191 g/mol. The van der Waals surface area contributed by atoms with Crippen LogP contribution >= 0.6 is 11.3 Å². The van der Waals surface area contributed by atoms with Crippen molar-refractivity contribution in [1.29, 1.82) is 0 Å². The van der Waals surface area contributed by atoms with Crippen molar-refractivity contribution in [3.8, 4) is 12.3 Å². The van der Waals surface area contributed by atoms with Crippen LogP contribution in [0.2, 0.25) is 0 Å². The second kappa shape index (κ2) is 3.53. The molecule has 1 nitrogen and oxygen atoms in total. The van der Waals surface area contributed by atoms with Crippen LogP contribution in [0.3, 0.4) is 0 Å². The van der Waals surface area contributed by atoms with Crippen molar-refractivity contribution in [2.75, 3.05) is 0 Å². The fourth-order valence-corrected chi connectivity index (χ4v) is 2.97. The third kappa shape index (κ3) is 1.63. The van der Waals surface area contributed by atoms with Crippen LogP contribution in [-0.2, 0) is 12.8 Å². The Hall–Kier alpha value is -0.780. The molecule has 1 aromatic rings. The van der Waals surface area contributed by atoms with E-state index in [0.29, 0.717) is 0 Å². The minimum absolute atomic E-state index is 0.199. The van der Waals surface area contributed by atoms with Gasteiger partial charge in [0.15, 0.2) is 0 Å². The Labute approximate surface area is 83.0 Å². The summed E-state index contributed by atoms with van der Waals surface area (Å²) in [6.45, 7) is 0. The summed E-state index contributed by atoms with van der Waals surface area (Å²) in [4.78, 5) is 2.67. The summed E-state index contributed by atoms with van der Waals surface area (Å²) in [7, 11) is 0. The van der Waals surface area contributed by atoms with Gasteiger partial charge >= 0.3 is 0 Å². The molecule has 1 atom stereocenters. The molecule has 1 unspecified atom stereocenters. The highest BCUT2D eigenvalue weighted by Crippen LogP contribution is 2.31. The van der Waals surface area contributed by atoms with Crippen molar-refractivity contribution in [2.45, 2.75) is 31.7 Å². The Morgan fingerprint density at radius 3 is 2.92 bits per heavy atom. The first-order valence-corrected chi connectivity index (χ1v) is 5.46. The molecule has 0 aliphatic heterocycles. The van der Waals surface area contributed by atoms with E-state index in [0.717, 1.165) is 4.88 Å². The van der Waals surface area contributed by atoms with Gasteiger partial charge in [0.25, 0.3) is 0 Å². The molecule has 1 aliphatic carbocycles. The molecule has 0 saturated carbocycles. The lowest BCUT2D eigenvalue weighted by Crippen LogP contribution is -2.04. The molecular formula is C11H13NS. The quantitative estimate of drug-likeness (QED) is 0.677. The van der Waals surface area contributed by atoms with Gasteiger partial charge in [-0.15, -0.1) is 17.8 Å². The molecule has 1 aliphatic rings. The zero-order valence-corrected chi connectivity index (χ0v) is 8.36. The summed E-state index contributed by atoms with van der Waals surface area (Å²) < 4.78 is 0. The molecule has 68 valence electrons. The maximum absolute atomic E-state index is 5.78. The van der Waals surface area contributed by atoms with Crippen LogP contribution in [0.4, 0.5) is 0 Å². The number of rotatable bonds is 1. The van der Waals surface area contributed by atoms with Crippen LogP contribution in [0.5, 0.6) is 0 Å². The highest BCUT2D eigenvalue weighted by atomic mass is 32.1. The van der Waals surface area contributed by atoms with Crippen molar-refractivity contribution in [2.24, 2.45) is 5.73 Å². The number of nitrogens with two attached hydrogens (primary N) is 1. The summed E-state index contributed by atoms with van der Waals surface area (Å²) in [5, 5.41) is 0. The van der Waals surface area contributed by atoms with Crippen LogP contribution in [0.25, 0.3) is 0 Å². The molecule has 13 heavy (non-hydrogen) atoms.